The summed E-state index contributed by atoms with van der Waals surface area (Å²) < 4.78 is 10.1. The molecule has 0 atom stereocenters. The molecule has 0 bridgehead atoms. The highest BCUT2D eigenvalue weighted by atomic mass is 16.6. The van der Waals surface area contributed by atoms with Crippen LogP contribution in [0.3, 0.4) is 0 Å². The predicted octanol–water partition coefficient (Wildman–Crippen LogP) is 1.51. The smallest absolute Gasteiger partial charge is 0.344 e. The van der Waals surface area contributed by atoms with Gasteiger partial charge in [0.15, 0.2) is 6.61 Å². The van der Waals surface area contributed by atoms with Crippen LogP contribution in [0.5, 0.6) is 5.75 Å². The molecule has 1 aromatic rings. The van der Waals surface area contributed by atoms with Gasteiger partial charge in [-0.2, -0.15) is 0 Å². The van der Waals surface area contributed by atoms with Crippen molar-refractivity contribution in [3.05, 3.63) is 29.8 Å². The van der Waals surface area contributed by atoms with Gasteiger partial charge in [0, 0.05) is 0 Å². The molecule has 1 aromatic carbocycles. The third kappa shape index (κ3) is 4.31. The molecular weight excluding hydrogens is 208 g/mol. The standard InChI is InChI=1S/C12H16O4/c1-9(2)16-12(14)8-15-11-5-3-4-10(6-11)7-13/h3-6,9,13H,7-8H2,1-2H3. The monoisotopic (exact) mass is 224 g/mol. The van der Waals surface area contributed by atoms with Gasteiger partial charge < -0.3 is 14.6 Å². The second-order valence-electron chi connectivity index (χ2n) is 3.63. The number of esters is 1. The number of aliphatic hydroxyl groups excluding tert-OH is 1. The van der Waals surface area contributed by atoms with Crippen LogP contribution in [-0.4, -0.2) is 23.8 Å². The Balaban J connectivity index is 2.45. The number of hydrogen-bond donors (Lipinski definition) is 1. The van der Waals surface area contributed by atoms with Crippen LogP contribution in [0.15, 0.2) is 24.3 Å². The molecule has 1 N–H and O–H groups in total. The van der Waals surface area contributed by atoms with Gasteiger partial charge in [0.05, 0.1) is 12.7 Å². The van der Waals surface area contributed by atoms with Gasteiger partial charge >= 0.3 is 5.97 Å². The maximum absolute atomic E-state index is 11.2. The van der Waals surface area contributed by atoms with Crippen molar-refractivity contribution >= 4 is 5.97 Å². The topological polar surface area (TPSA) is 55.8 Å². The van der Waals surface area contributed by atoms with Crippen molar-refractivity contribution in [2.75, 3.05) is 6.61 Å². The van der Waals surface area contributed by atoms with Crippen molar-refractivity contribution < 1.29 is 19.4 Å². The quantitative estimate of drug-likeness (QED) is 0.770. The first-order chi connectivity index (χ1) is 7.61. The average Bonchev–Trinajstić information content (AvgIpc) is 2.26. The van der Waals surface area contributed by atoms with Gasteiger partial charge in [-0.25, -0.2) is 4.79 Å². The van der Waals surface area contributed by atoms with Gasteiger partial charge in [-0.15, -0.1) is 0 Å². The summed E-state index contributed by atoms with van der Waals surface area (Å²) in [5.74, 6) is 0.150. The SMILES string of the molecule is CC(C)OC(=O)COc1cccc(CO)c1. The van der Waals surface area contributed by atoms with Crippen molar-refractivity contribution in [1.29, 1.82) is 0 Å². The van der Waals surface area contributed by atoms with E-state index in [1.165, 1.54) is 0 Å². The summed E-state index contributed by atoms with van der Waals surface area (Å²) in [7, 11) is 0. The fourth-order valence-corrected chi connectivity index (χ4v) is 1.17. The lowest BCUT2D eigenvalue weighted by Gasteiger charge is -2.09. The zero-order chi connectivity index (χ0) is 12.0. The molecule has 0 radical (unpaired) electrons. The minimum atomic E-state index is -0.399. The van der Waals surface area contributed by atoms with Gasteiger partial charge in [-0.1, -0.05) is 12.1 Å². The molecule has 1 rings (SSSR count). The zero-order valence-electron chi connectivity index (χ0n) is 9.47. The maximum Gasteiger partial charge on any atom is 0.344 e. The van der Waals surface area contributed by atoms with Gasteiger partial charge in [0.25, 0.3) is 0 Å². The molecule has 0 fully saturated rings. The van der Waals surface area contributed by atoms with Crippen molar-refractivity contribution in [3.63, 3.8) is 0 Å². The minimum absolute atomic E-state index is 0.0480. The lowest BCUT2D eigenvalue weighted by Crippen LogP contribution is -2.18. The summed E-state index contributed by atoms with van der Waals surface area (Å²) in [4.78, 5) is 11.2. The number of hydrogen-bond acceptors (Lipinski definition) is 4. The van der Waals surface area contributed by atoms with E-state index < -0.39 is 5.97 Å². The summed E-state index contributed by atoms with van der Waals surface area (Å²) in [5.41, 5.74) is 0.745. The molecule has 0 aliphatic carbocycles. The summed E-state index contributed by atoms with van der Waals surface area (Å²) in [6.45, 7) is 3.40. The van der Waals surface area contributed by atoms with Crippen LogP contribution in [0.1, 0.15) is 19.4 Å². The second-order valence-corrected chi connectivity index (χ2v) is 3.63. The Morgan fingerprint density at radius 3 is 2.81 bits per heavy atom. The molecule has 16 heavy (non-hydrogen) atoms. The molecule has 0 aliphatic rings. The third-order valence-corrected chi connectivity index (χ3v) is 1.80. The molecule has 0 amide bonds. The summed E-state index contributed by atoms with van der Waals surface area (Å²) >= 11 is 0. The summed E-state index contributed by atoms with van der Waals surface area (Å²) in [5, 5.41) is 8.91. The number of carbonyl (C=O) groups excluding carboxylic acids is 1. The highest BCUT2D eigenvalue weighted by Gasteiger charge is 2.06. The Labute approximate surface area is 94.8 Å². The van der Waals surface area contributed by atoms with Crippen LogP contribution in [0, 0.1) is 0 Å². The van der Waals surface area contributed by atoms with Gasteiger partial charge in [-0.05, 0) is 31.5 Å². The number of aliphatic hydroxyl groups is 1. The average molecular weight is 224 g/mol. The molecule has 0 unspecified atom stereocenters. The highest BCUT2D eigenvalue weighted by Crippen LogP contribution is 2.13. The van der Waals surface area contributed by atoms with Gasteiger partial charge in [0.2, 0.25) is 0 Å². The Morgan fingerprint density at radius 2 is 2.19 bits per heavy atom. The highest BCUT2D eigenvalue weighted by molar-refractivity contribution is 5.71. The van der Waals surface area contributed by atoms with E-state index in [2.05, 4.69) is 0 Å². The lowest BCUT2D eigenvalue weighted by molar-refractivity contribution is -0.149. The van der Waals surface area contributed by atoms with Crippen molar-refractivity contribution in [2.45, 2.75) is 26.6 Å². The summed E-state index contributed by atoms with van der Waals surface area (Å²) in [6, 6.07) is 6.94. The van der Waals surface area contributed by atoms with Crippen molar-refractivity contribution in [1.82, 2.24) is 0 Å². The molecule has 0 saturated heterocycles. The van der Waals surface area contributed by atoms with Crippen LogP contribution in [0.25, 0.3) is 0 Å². The minimum Gasteiger partial charge on any atom is -0.482 e. The van der Waals surface area contributed by atoms with E-state index in [4.69, 9.17) is 14.6 Å². The Bertz CT molecular complexity index is 347. The lowest BCUT2D eigenvalue weighted by atomic mass is 10.2. The first kappa shape index (κ1) is 12.5. The van der Waals surface area contributed by atoms with E-state index in [9.17, 15) is 4.79 Å². The molecule has 0 aliphatic heterocycles. The molecule has 0 heterocycles. The van der Waals surface area contributed by atoms with Crippen LogP contribution in [-0.2, 0) is 16.1 Å². The predicted molar refractivity (Wildman–Crippen MR) is 59.1 cm³/mol. The van der Waals surface area contributed by atoms with E-state index in [-0.39, 0.29) is 19.3 Å². The number of rotatable bonds is 5. The number of carbonyl (C=O) groups is 1. The molecule has 0 spiro atoms. The van der Waals surface area contributed by atoms with Gasteiger partial charge in [-0.3, -0.25) is 0 Å². The number of ether oxygens (including phenoxy) is 2. The Hall–Kier alpha value is -1.55. The molecule has 88 valence electrons. The largest absolute Gasteiger partial charge is 0.482 e. The number of benzene rings is 1. The molecular formula is C12H16O4. The molecule has 4 nitrogen and oxygen atoms in total. The molecule has 0 aromatic heterocycles. The Kier molecular flexibility index (Phi) is 4.79. The Morgan fingerprint density at radius 1 is 1.44 bits per heavy atom. The van der Waals surface area contributed by atoms with Crippen LogP contribution in [0.2, 0.25) is 0 Å². The fourth-order valence-electron chi connectivity index (χ4n) is 1.17. The van der Waals surface area contributed by atoms with E-state index in [1.807, 2.05) is 0 Å². The normalized spacial score (nSPS) is 10.2. The van der Waals surface area contributed by atoms with Crippen LogP contribution in [0.4, 0.5) is 0 Å². The second kappa shape index (κ2) is 6.12. The fraction of sp³-hybridized carbons (Fsp3) is 0.417. The van der Waals surface area contributed by atoms with E-state index >= 15 is 0 Å². The first-order valence-electron chi connectivity index (χ1n) is 5.14. The first-order valence-corrected chi connectivity index (χ1v) is 5.14. The van der Waals surface area contributed by atoms with Crippen LogP contribution >= 0.6 is 0 Å². The van der Waals surface area contributed by atoms with Crippen molar-refractivity contribution in [2.24, 2.45) is 0 Å². The van der Waals surface area contributed by atoms with Crippen LogP contribution < -0.4 is 4.74 Å². The zero-order valence-corrected chi connectivity index (χ0v) is 9.47. The van der Waals surface area contributed by atoms with E-state index in [1.54, 1.807) is 38.1 Å². The third-order valence-electron chi connectivity index (χ3n) is 1.80. The molecule has 0 saturated carbocycles. The maximum atomic E-state index is 11.2. The van der Waals surface area contributed by atoms with E-state index in [0.717, 1.165) is 5.56 Å². The molecule has 4 heteroatoms. The van der Waals surface area contributed by atoms with Gasteiger partial charge in [0.1, 0.15) is 5.75 Å². The van der Waals surface area contributed by atoms with Crippen molar-refractivity contribution in [3.8, 4) is 5.75 Å². The summed E-state index contributed by atoms with van der Waals surface area (Å²) in [6.07, 6.45) is -0.139. The van der Waals surface area contributed by atoms with E-state index in [0.29, 0.717) is 5.75 Å².